The minimum atomic E-state index is 0.572. The van der Waals surface area contributed by atoms with Crippen molar-refractivity contribution in [3.63, 3.8) is 0 Å². The van der Waals surface area contributed by atoms with Gasteiger partial charge in [0.25, 0.3) is 0 Å². The molecule has 0 aromatic heterocycles. The fraction of sp³-hybridized carbons (Fsp3) is 0.500. The Hall–Kier alpha value is -1.30. The molecule has 1 aromatic carbocycles. The van der Waals surface area contributed by atoms with Gasteiger partial charge in [-0.3, -0.25) is 0 Å². The van der Waals surface area contributed by atoms with E-state index in [1.807, 2.05) is 27.7 Å². The van der Waals surface area contributed by atoms with Crippen LogP contribution < -0.4 is 0 Å². The zero-order valence-corrected chi connectivity index (χ0v) is 14.3. The highest BCUT2D eigenvalue weighted by Crippen LogP contribution is 2.27. The predicted molar refractivity (Wildman–Crippen MR) is 93.4 cm³/mol. The van der Waals surface area contributed by atoms with Gasteiger partial charge < -0.3 is 0 Å². The monoisotopic (exact) mass is 272 g/mol. The Morgan fingerprint density at radius 2 is 1.65 bits per heavy atom. The van der Waals surface area contributed by atoms with Gasteiger partial charge in [0.2, 0.25) is 0 Å². The third kappa shape index (κ3) is 5.36. The first-order valence-corrected chi connectivity index (χ1v) is 7.99. The van der Waals surface area contributed by atoms with Crippen molar-refractivity contribution in [1.82, 2.24) is 0 Å². The Labute approximate surface area is 126 Å². The largest absolute Gasteiger partial charge is 0.0999 e. The molecule has 0 radical (unpaired) electrons. The molecule has 20 heavy (non-hydrogen) atoms. The second-order valence-electron chi connectivity index (χ2n) is 5.16. The van der Waals surface area contributed by atoms with E-state index in [9.17, 15) is 0 Å². The summed E-state index contributed by atoms with van der Waals surface area (Å²) in [4.78, 5) is 0. The van der Waals surface area contributed by atoms with Crippen LogP contribution in [-0.4, -0.2) is 0 Å². The maximum Gasteiger partial charge on any atom is -0.00635 e. The lowest BCUT2D eigenvalue weighted by molar-refractivity contribution is 0.680. The molecule has 1 atom stereocenters. The van der Waals surface area contributed by atoms with Gasteiger partial charge >= 0.3 is 0 Å². The molecule has 1 unspecified atom stereocenters. The van der Waals surface area contributed by atoms with E-state index in [4.69, 9.17) is 0 Å². The molecule has 0 bridgehead atoms. The second kappa shape index (κ2) is 9.58. The van der Waals surface area contributed by atoms with Gasteiger partial charge in [0.1, 0.15) is 0 Å². The first-order chi connectivity index (χ1) is 9.56. The van der Waals surface area contributed by atoms with Crippen LogP contribution in [0.15, 0.2) is 42.5 Å². The molecule has 0 amide bonds. The number of allylic oxidation sites excluding steroid dienone is 2. The van der Waals surface area contributed by atoms with Gasteiger partial charge in [0, 0.05) is 0 Å². The lowest BCUT2D eigenvalue weighted by Crippen LogP contribution is -2.01. The Bertz CT molecular complexity index is 437. The third-order valence-corrected chi connectivity index (χ3v) is 3.53. The van der Waals surface area contributed by atoms with Gasteiger partial charge in [0.15, 0.2) is 0 Å². The average Bonchev–Trinajstić information content (AvgIpc) is 2.82. The fourth-order valence-electron chi connectivity index (χ4n) is 2.27. The summed E-state index contributed by atoms with van der Waals surface area (Å²) in [5.41, 5.74) is 7.00. The molecular formula is C20H32. The number of hydrogen-bond donors (Lipinski definition) is 0. The van der Waals surface area contributed by atoms with Crippen molar-refractivity contribution < 1.29 is 0 Å². The maximum atomic E-state index is 4.07. The third-order valence-electron chi connectivity index (χ3n) is 3.53. The van der Waals surface area contributed by atoms with Gasteiger partial charge in [-0.1, -0.05) is 77.1 Å². The first-order valence-electron chi connectivity index (χ1n) is 7.99. The van der Waals surface area contributed by atoms with Crippen molar-refractivity contribution in [2.75, 3.05) is 0 Å². The minimum Gasteiger partial charge on any atom is -0.0999 e. The summed E-state index contributed by atoms with van der Waals surface area (Å²) in [5, 5.41) is 0. The Kier molecular flexibility index (Phi) is 8.96. The van der Waals surface area contributed by atoms with Crippen LogP contribution in [0.1, 0.15) is 58.2 Å². The first kappa shape index (κ1) is 18.7. The lowest BCUT2D eigenvalue weighted by atomic mass is 9.94. The van der Waals surface area contributed by atoms with E-state index in [1.165, 1.54) is 27.8 Å². The molecule has 2 rings (SSSR count). The molecule has 112 valence electrons. The molecule has 0 nitrogen and oxygen atoms in total. The summed E-state index contributed by atoms with van der Waals surface area (Å²) in [6.07, 6.45) is 3.26. The van der Waals surface area contributed by atoms with Crippen molar-refractivity contribution in [2.45, 2.75) is 60.8 Å². The normalized spacial score (nSPS) is 13.4. The zero-order valence-electron chi connectivity index (χ0n) is 14.3. The van der Waals surface area contributed by atoms with Crippen LogP contribution in [-0.2, 0) is 19.3 Å². The van der Waals surface area contributed by atoms with Crippen molar-refractivity contribution in [3.8, 4) is 0 Å². The molecule has 0 saturated carbocycles. The highest BCUT2D eigenvalue weighted by atomic mass is 14.2. The van der Waals surface area contributed by atoms with Gasteiger partial charge in [0.05, 0.1) is 0 Å². The molecule has 0 saturated heterocycles. The molecule has 1 aliphatic carbocycles. The van der Waals surface area contributed by atoms with Crippen LogP contribution >= 0.6 is 0 Å². The topological polar surface area (TPSA) is 0 Å². The van der Waals surface area contributed by atoms with Crippen LogP contribution in [0.4, 0.5) is 0 Å². The summed E-state index contributed by atoms with van der Waals surface area (Å²) in [5.74, 6) is 0.572. The smallest absolute Gasteiger partial charge is 0.00635 e. The number of fused-ring (bicyclic) bond motifs is 1. The van der Waals surface area contributed by atoms with E-state index in [-0.39, 0.29) is 0 Å². The van der Waals surface area contributed by atoms with E-state index in [1.54, 1.807) is 0 Å². The summed E-state index contributed by atoms with van der Waals surface area (Å²) < 4.78 is 0. The maximum absolute atomic E-state index is 4.07. The SMILES string of the molecule is C=C1Cc2ccc(CC(C)C(=C)C)cc2C1.CC.CC. The molecule has 0 N–H and O–H groups in total. The molecule has 0 spiro atoms. The van der Waals surface area contributed by atoms with Crippen LogP contribution in [0.3, 0.4) is 0 Å². The Morgan fingerprint density at radius 1 is 1.10 bits per heavy atom. The number of benzene rings is 1. The van der Waals surface area contributed by atoms with E-state index in [0.717, 1.165) is 19.3 Å². The van der Waals surface area contributed by atoms with E-state index in [0.29, 0.717) is 5.92 Å². The molecular weight excluding hydrogens is 240 g/mol. The molecule has 1 aliphatic rings. The summed E-state index contributed by atoms with van der Waals surface area (Å²) in [6.45, 7) is 20.5. The van der Waals surface area contributed by atoms with Gasteiger partial charge in [-0.05, 0) is 48.8 Å². The Balaban J connectivity index is 0.000000829. The number of hydrogen-bond acceptors (Lipinski definition) is 0. The van der Waals surface area contributed by atoms with E-state index >= 15 is 0 Å². The summed E-state index contributed by atoms with van der Waals surface area (Å²) in [6, 6.07) is 6.89. The summed E-state index contributed by atoms with van der Waals surface area (Å²) in [7, 11) is 0. The summed E-state index contributed by atoms with van der Waals surface area (Å²) >= 11 is 0. The average molecular weight is 272 g/mol. The standard InChI is InChI=1S/C16H20.2C2H6/c1-11(2)13(4)9-14-5-6-15-7-12(3)8-16(15)10-14;2*1-2/h5-6,10,13H,1,3,7-9H2,2,4H3;2*1-2H3. The highest BCUT2D eigenvalue weighted by molar-refractivity contribution is 5.42. The van der Waals surface area contributed by atoms with Gasteiger partial charge in [-0.25, -0.2) is 0 Å². The van der Waals surface area contributed by atoms with Crippen molar-refractivity contribution in [1.29, 1.82) is 0 Å². The molecule has 0 heterocycles. The highest BCUT2D eigenvalue weighted by Gasteiger charge is 2.14. The second-order valence-corrected chi connectivity index (χ2v) is 5.16. The molecule has 0 aliphatic heterocycles. The predicted octanol–water partition coefficient (Wildman–Crippen LogP) is 6.15. The zero-order chi connectivity index (χ0) is 15.7. The van der Waals surface area contributed by atoms with Crippen LogP contribution in [0, 0.1) is 5.92 Å². The Morgan fingerprint density at radius 3 is 2.20 bits per heavy atom. The molecule has 1 aromatic rings. The van der Waals surface area contributed by atoms with Gasteiger partial charge in [-0.2, -0.15) is 0 Å². The van der Waals surface area contributed by atoms with Crippen LogP contribution in [0.2, 0.25) is 0 Å². The quantitative estimate of drug-likeness (QED) is 0.579. The van der Waals surface area contributed by atoms with Gasteiger partial charge in [-0.15, -0.1) is 0 Å². The lowest BCUT2D eigenvalue weighted by Gasteiger charge is -2.12. The van der Waals surface area contributed by atoms with Crippen molar-refractivity contribution >= 4 is 0 Å². The fourth-order valence-corrected chi connectivity index (χ4v) is 2.27. The van der Waals surface area contributed by atoms with E-state index in [2.05, 4.69) is 45.2 Å². The van der Waals surface area contributed by atoms with Crippen molar-refractivity contribution in [2.24, 2.45) is 5.92 Å². The molecule has 0 fully saturated rings. The minimum absolute atomic E-state index is 0.572. The molecule has 0 heteroatoms. The van der Waals surface area contributed by atoms with Crippen LogP contribution in [0.5, 0.6) is 0 Å². The van der Waals surface area contributed by atoms with E-state index < -0.39 is 0 Å². The van der Waals surface area contributed by atoms with Crippen LogP contribution in [0.25, 0.3) is 0 Å². The van der Waals surface area contributed by atoms with Crippen molar-refractivity contribution in [3.05, 3.63) is 59.2 Å². The number of rotatable bonds is 3.